The largest absolute Gasteiger partial charge is 0.352 e. The van der Waals surface area contributed by atoms with E-state index in [-0.39, 0.29) is 10.6 Å². The number of carbonyl (C=O) groups is 1. The highest BCUT2D eigenvalue weighted by Crippen LogP contribution is 2.25. The number of amides is 1. The zero-order valence-electron chi connectivity index (χ0n) is 13.6. The highest BCUT2D eigenvalue weighted by atomic mass is 35.5. The van der Waals surface area contributed by atoms with Gasteiger partial charge in [0, 0.05) is 30.2 Å². The Labute approximate surface area is 145 Å². The van der Waals surface area contributed by atoms with Crippen molar-refractivity contribution in [3.05, 3.63) is 70.1 Å². The van der Waals surface area contributed by atoms with Crippen molar-refractivity contribution in [1.29, 1.82) is 0 Å². The van der Waals surface area contributed by atoms with E-state index in [0.29, 0.717) is 13.0 Å². The molecular formula is C19H18ClFN2O. The maximum Gasteiger partial charge on any atom is 0.255 e. The first-order valence-corrected chi connectivity index (χ1v) is 8.13. The Morgan fingerprint density at radius 2 is 1.96 bits per heavy atom. The lowest BCUT2D eigenvalue weighted by molar-refractivity contribution is 0.0950. The number of aromatic nitrogens is 1. The zero-order valence-corrected chi connectivity index (χ0v) is 14.3. The molecule has 0 spiro atoms. The van der Waals surface area contributed by atoms with Gasteiger partial charge in [-0.25, -0.2) is 4.39 Å². The van der Waals surface area contributed by atoms with Crippen LogP contribution < -0.4 is 5.32 Å². The van der Waals surface area contributed by atoms with E-state index >= 15 is 0 Å². The third kappa shape index (κ3) is 2.89. The van der Waals surface area contributed by atoms with Crippen LogP contribution in [-0.4, -0.2) is 17.0 Å². The molecule has 0 atom stereocenters. The van der Waals surface area contributed by atoms with E-state index in [1.54, 1.807) is 0 Å². The molecule has 0 saturated carbocycles. The molecule has 2 aromatic carbocycles. The first-order chi connectivity index (χ1) is 11.5. The minimum atomic E-state index is -0.610. The Kier molecular flexibility index (Phi) is 4.58. The number of nitrogens with zero attached hydrogens (tertiary/aromatic N) is 1. The van der Waals surface area contributed by atoms with Gasteiger partial charge in [-0.3, -0.25) is 4.79 Å². The Morgan fingerprint density at radius 1 is 1.21 bits per heavy atom. The summed E-state index contributed by atoms with van der Waals surface area (Å²) >= 11 is 5.92. The van der Waals surface area contributed by atoms with Gasteiger partial charge in [0.25, 0.3) is 5.91 Å². The molecule has 5 heteroatoms. The topological polar surface area (TPSA) is 34.0 Å². The van der Waals surface area contributed by atoms with E-state index in [0.717, 1.165) is 11.2 Å². The Hall–Kier alpha value is -2.33. The van der Waals surface area contributed by atoms with Crippen LogP contribution in [0, 0.1) is 12.7 Å². The van der Waals surface area contributed by atoms with Crippen LogP contribution >= 0.6 is 11.6 Å². The van der Waals surface area contributed by atoms with Crippen LogP contribution in [0.4, 0.5) is 4.39 Å². The van der Waals surface area contributed by atoms with Gasteiger partial charge in [-0.15, -0.1) is 0 Å². The molecule has 124 valence electrons. The Balaban J connectivity index is 1.76. The highest BCUT2D eigenvalue weighted by Gasteiger charge is 2.16. The maximum atomic E-state index is 13.8. The van der Waals surface area contributed by atoms with Crippen molar-refractivity contribution in [3.8, 4) is 0 Å². The minimum Gasteiger partial charge on any atom is -0.352 e. The van der Waals surface area contributed by atoms with E-state index < -0.39 is 11.7 Å². The average molecular weight is 345 g/mol. The van der Waals surface area contributed by atoms with Crippen molar-refractivity contribution in [2.24, 2.45) is 7.05 Å². The second kappa shape index (κ2) is 6.65. The smallest absolute Gasteiger partial charge is 0.255 e. The molecule has 3 aromatic rings. The number of hydrogen-bond donors (Lipinski definition) is 1. The molecule has 1 N–H and O–H groups in total. The number of para-hydroxylation sites is 1. The van der Waals surface area contributed by atoms with Gasteiger partial charge in [0.1, 0.15) is 5.82 Å². The first kappa shape index (κ1) is 16.5. The first-order valence-electron chi connectivity index (χ1n) is 7.75. The molecule has 0 radical (unpaired) electrons. The quantitative estimate of drug-likeness (QED) is 0.754. The molecule has 0 aliphatic carbocycles. The number of fused-ring (bicyclic) bond motifs is 1. The summed E-state index contributed by atoms with van der Waals surface area (Å²) in [6, 6.07) is 12.4. The summed E-state index contributed by atoms with van der Waals surface area (Å²) in [5.74, 6) is -1.10. The van der Waals surface area contributed by atoms with Crippen LogP contribution in [0.1, 0.15) is 21.6 Å². The van der Waals surface area contributed by atoms with Gasteiger partial charge in [0.05, 0.1) is 10.6 Å². The van der Waals surface area contributed by atoms with Gasteiger partial charge in [0.15, 0.2) is 0 Å². The Bertz CT molecular complexity index is 897. The van der Waals surface area contributed by atoms with Crippen molar-refractivity contribution in [1.82, 2.24) is 9.88 Å². The van der Waals surface area contributed by atoms with Gasteiger partial charge in [-0.05, 0) is 37.1 Å². The van der Waals surface area contributed by atoms with Gasteiger partial charge in [0.2, 0.25) is 0 Å². The van der Waals surface area contributed by atoms with E-state index in [2.05, 4.69) is 28.9 Å². The third-order valence-corrected chi connectivity index (χ3v) is 4.70. The second-order valence-corrected chi connectivity index (χ2v) is 6.15. The standard InChI is InChI=1S/C19H18ClFN2O/c1-12-13(14-6-3-4-9-17(14)23(12)2)10-11-22-19(24)18-15(20)7-5-8-16(18)21/h3-9H,10-11H2,1-2H3,(H,22,24). The van der Waals surface area contributed by atoms with E-state index in [1.165, 1.54) is 29.1 Å². The van der Waals surface area contributed by atoms with E-state index in [1.807, 2.05) is 19.2 Å². The predicted molar refractivity (Wildman–Crippen MR) is 95.1 cm³/mol. The molecular weight excluding hydrogens is 327 g/mol. The third-order valence-electron chi connectivity index (χ3n) is 4.38. The van der Waals surface area contributed by atoms with Crippen LogP contribution in [0.5, 0.6) is 0 Å². The lowest BCUT2D eigenvalue weighted by atomic mass is 10.1. The molecule has 0 aliphatic rings. The lowest BCUT2D eigenvalue weighted by Crippen LogP contribution is -2.27. The highest BCUT2D eigenvalue weighted by molar-refractivity contribution is 6.33. The number of aryl methyl sites for hydroxylation is 1. The van der Waals surface area contributed by atoms with Crippen molar-refractivity contribution < 1.29 is 9.18 Å². The predicted octanol–water partition coefficient (Wildman–Crippen LogP) is 4.25. The number of carbonyl (C=O) groups excluding carboxylic acids is 1. The summed E-state index contributed by atoms with van der Waals surface area (Å²) in [6.45, 7) is 2.48. The number of halogens is 2. The monoisotopic (exact) mass is 344 g/mol. The maximum absolute atomic E-state index is 13.8. The zero-order chi connectivity index (χ0) is 17.3. The van der Waals surface area contributed by atoms with Crippen LogP contribution in [0.2, 0.25) is 5.02 Å². The molecule has 3 nitrogen and oxygen atoms in total. The fraction of sp³-hybridized carbons (Fsp3) is 0.211. The van der Waals surface area contributed by atoms with E-state index in [9.17, 15) is 9.18 Å². The van der Waals surface area contributed by atoms with Gasteiger partial charge in [-0.1, -0.05) is 35.9 Å². The molecule has 3 rings (SSSR count). The summed E-state index contributed by atoms with van der Waals surface area (Å²) < 4.78 is 15.9. The van der Waals surface area contributed by atoms with Gasteiger partial charge in [-0.2, -0.15) is 0 Å². The molecule has 24 heavy (non-hydrogen) atoms. The number of rotatable bonds is 4. The Morgan fingerprint density at radius 3 is 2.71 bits per heavy atom. The number of hydrogen-bond acceptors (Lipinski definition) is 1. The van der Waals surface area contributed by atoms with Crippen LogP contribution in [0.3, 0.4) is 0 Å². The molecule has 0 unspecified atom stereocenters. The SMILES string of the molecule is Cc1c(CCNC(=O)c2c(F)cccc2Cl)c2ccccc2n1C. The summed E-state index contributed by atoms with van der Waals surface area (Å²) in [7, 11) is 2.03. The molecule has 1 heterocycles. The summed E-state index contributed by atoms with van der Waals surface area (Å²) in [6.07, 6.45) is 0.672. The van der Waals surface area contributed by atoms with E-state index in [4.69, 9.17) is 11.6 Å². The second-order valence-electron chi connectivity index (χ2n) is 5.74. The molecule has 0 aliphatic heterocycles. The lowest BCUT2D eigenvalue weighted by Gasteiger charge is -2.08. The molecule has 0 fully saturated rings. The number of nitrogens with one attached hydrogen (secondary N) is 1. The van der Waals surface area contributed by atoms with Gasteiger partial charge < -0.3 is 9.88 Å². The van der Waals surface area contributed by atoms with Crippen molar-refractivity contribution in [2.75, 3.05) is 6.54 Å². The van der Waals surface area contributed by atoms with Crippen molar-refractivity contribution in [3.63, 3.8) is 0 Å². The van der Waals surface area contributed by atoms with Crippen LogP contribution in [0.15, 0.2) is 42.5 Å². The average Bonchev–Trinajstić information content (AvgIpc) is 2.80. The normalized spacial score (nSPS) is 11.0. The van der Waals surface area contributed by atoms with Crippen LogP contribution in [-0.2, 0) is 13.5 Å². The molecule has 1 amide bonds. The van der Waals surface area contributed by atoms with Crippen molar-refractivity contribution in [2.45, 2.75) is 13.3 Å². The molecule has 0 saturated heterocycles. The minimum absolute atomic E-state index is 0.103. The summed E-state index contributed by atoms with van der Waals surface area (Å²) in [5.41, 5.74) is 3.41. The summed E-state index contributed by atoms with van der Waals surface area (Å²) in [4.78, 5) is 12.2. The van der Waals surface area contributed by atoms with Crippen LogP contribution in [0.25, 0.3) is 10.9 Å². The summed E-state index contributed by atoms with van der Waals surface area (Å²) in [5, 5.41) is 4.05. The fourth-order valence-corrected chi connectivity index (χ4v) is 3.27. The molecule has 1 aromatic heterocycles. The number of benzene rings is 2. The van der Waals surface area contributed by atoms with Gasteiger partial charge >= 0.3 is 0 Å². The van der Waals surface area contributed by atoms with Crippen molar-refractivity contribution >= 4 is 28.4 Å². The molecule has 0 bridgehead atoms. The fourth-order valence-electron chi connectivity index (χ4n) is 3.02.